The second-order valence-electron chi connectivity index (χ2n) is 9.02. The van der Waals surface area contributed by atoms with Gasteiger partial charge in [0, 0.05) is 17.9 Å². The molecular weight excluding hydrogens is 348 g/mol. The van der Waals surface area contributed by atoms with Gasteiger partial charge in [-0.15, -0.1) is 0 Å². The number of carbonyl (C=O) groups excluding carboxylic acids is 2. The normalized spacial score (nSPS) is 17.6. The Hall–Kier alpha value is -2.62. The van der Waals surface area contributed by atoms with E-state index in [9.17, 15) is 9.59 Å². The maximum absolute atomic E-state index is 13.4. The summed E-state index contributed by atoms with van der Waals surface area (Å²) in [4.78, 5) is 28.5. The van der Waals surface area contributed by atoms with Gasteiger partial charge in [0.25, 0.3) is 0 Å². The zero-order chi connectivity index (χ0) is 19.9. The highest BCUT2D eigenvalue weighted by Crippen LogP contribution is 2.49. The Balaban J connectivity index is 1.59. The van der Waals surface area contributed by atoms with Crippen LogP contribution in [0, 0.1) is 5.41 Å². The first-order chi connectivity index (χ1) is 13.3. The van der Waals surface area contributed by atoms with Gasteiger partial charge in [0.2, 0.25) is 11.8 Å². The summed E-state index contributed by atoms with van der Waals surface area (Å²) in [5.41, 5.74) is 3.03. The second-order valence-corrected chi connectivity index (χ2v) is 9.02. The lowest BCUT2D eigenvalue weighted by Gasteiger charge is -2.32. The van der Waals surface area contributed by atoms with Gasteiger partial charge < -0.3 is 10.2 Å². The maximum atomic E-state index is 13.4. The number of benzene rings is 2. The summed E-state index contributed by atoms with van der Waals surface area (Å²) in [6.45, 7) is 7.06. The Morgan fingerprint density at radius 2 is 1.68 bits per heavy atom. The molecule has 1 aliphatic carbocycles. The number of nitrogens with zero attached hydrogens (tertiary/aromatic N) is 1. The van der Waals surface area contributed by atoms with Gasteiger partial charge in [-0.3, -0.25) is 9.59 Å². The van der Waals surface area contributed by atoms with Crippen LogP contribution in [0.25, 0.3) is 0 Å². The molecule has 2 amide bonds. The molecule has 0 radical (unpaired) electrons. The van der Waals surface area contributed by atoms with Crippen molar-refractivity contribution >= 4 is 23.2 Å². The summed E-state index contributed by atoms with van der Waals surface area (Å²) in [5.74, 6) is -0.220. The van der Waals surface area contributed by atoms with Crippen molar-refractivity contribution in [3.8, 4) is 0 Å². The highest BCUT2D eigenvalue weighted by molar-refractivity contribution is 6.18. The second kappa shape index (κ2) is 6.77. The molecule has 0 saturated heterocycles. The van der Waals surface area contributed by atoms with Crippen molar-refractivity contribution < 1.29 is 9.59 Å². The van der Waals surface area contributed by atoms with E-state index in [2.05, 4.69) is 32.2 Å². The van der Waals surface area contributed by atoms with Gasteiger partial charge >= 0.3 is 0 Å². The summed E-state index contributed by atoms with van der Waals surface area (Å²) in [5, 5.41) is 3.08. The first-order valence-corrected chi connectivity index (χ1v) is 10.1. The molecule has 146 valence electrons. The van der Waals surface area contributed by atoms with E-state index in [1.807, 2.05) is 47.4 Å². The van der Waals surface area contributed by atoms with Crippen molar-refractivity contribution in [1.29, 1.82) is 0 Å². The molecule has 2 aromatic carbocycles. The largest absolute Gasteiger partial charge is 0.325 e. The van der Waals surface area contributed by atoms with Crippen molar-refractivity contribution in [3.05, 3.63) is 59.7 Å². The van der Waals surface area contributed by atoms with Crippen LogP contribution in [0.3, 0.4) is 0 Å². The zero-order valence-electron chi connectivity index (χ0n) is 16.9. The maximum Gasteiger partial charge on any atom is 0.242 e. The molecule has 1 saturated carbocycles. The molecule has 2 aromatic rings. The number of aryl methyl sites for hydroxylation is 1. The lowest BCUT2D eigenvalue weighted by molar-refractivity contribution is -0.132. The number of hydrogen-bond donors (Lipinski definition) is 1. The number of amides is 2. The minimum Gasteiger partial charge on any atom is -0.325 e. The molecule has 4 nitrogen and oxygen atoms in total. The molecule has 1 aliphatic heterocycles. The number of para-hydroxylation sites is 2. The van der Waals surface area contributed by atoms with E-state index in [-0.39, 0.29) is 17.2 Å². The zero-order valence-corrected chi connectivity index (χ0v) is 16.9. The molecule has 1 N–H and O–H groups in total. The smallest absolute Gasteiger partial charge is 0.242 e. The van der Waals surface area contributed by atoms with E-state index in [4.69, 9.17) is 0 Å². The van der Waals surface area contributed by atoms with E-state index >= 15 is 0 Å². The summed E-state index contributed by atoms with van der Waals surface area (Å²) >= 11 is 0. The van der Waals surface area contributed by atoms with Crippen LogP contribution in [0.5, 0.6) is 0 Å². The third kappa shape index (κ3) is 3.21. The summed E-state index contributed by atoms with van der Waals surface area (Å²) in [6.07, 6.45) is 3.16. The number of hydrogen-bond acceptors (Lipinski definition) is 2. The molecule has 0 bridgehead atoms. The molecule has 4 rings (SSSR count). The van der Waals surface area contributed by atoms with Crippen molar-refractivity contribution in [1.82, 2.24) is 0 Å². The Kier molecular flexibility index (Phi) is 4.53. The van der Waals surface area contributed by atoms with Crippen LogP contribution in [0.4, 0.5) is 11.4 Å². The average molecular weight is 377 g/mol. The van der Waals surface area contributed by atoms with Gasteiger partial charge in [0.05, 0.1) is 0 Å². The lowest BCUT2D eigenvalue weighted by Crippen LogP contribution is -2.45. The molecule has 1 heterocycles. The lowest BCUT2D eigenvalue weighted by atomic mass is 9.85. The predicted molar refractivity (Wildman–Crippen MR) is 113 cm³/mol. The average Bonchev–Trinajstić information content (AvgIpc) is 3.49. The Labute approximate surface area is 166 Å². The fraction of sp³-hybridized carbons (Fsp3) is 0.417. The first kappa shape index (κ1) is 18.7. The van der Waals surface area contributed by atoms with Gasteiger partial charge in [0.15, 0.2) is 0 Å². The fourth-order valence-electron chi connectivity index (χ4n) is 4.15. The van der Waals surface area contributed by atoms with Crippen molar-refractivity contribution in [2.45, 2.75) is 51.9 Å². The fourth-order valence-corrected chi connectivity index (χ4v) is 4.15. The van der Waals surface area contributed by atoms with Crippen LogP contribution in [0.1, 0.15) is 51.2 Å². The number of nitrogens with one attached hydrogen (secondary N) is 1. The first-order valence-electron chi connectivity index (χ1n) is 10.1. The highest BCUT2D eigenvalue weighted by atomic mass is 16.2. The van der Waals surface area contributed by atoms with Gasteiger partial charge in [-0.2, -0.15) is 0 Å². The number of carbonyl (C=O) groups is 2. The molecule has 0 spiro atoms. The summed E-state index contributed by atoms with van der Waals surface area (Å²) in [7, 11) is 0. The number of fused-ring (bicyclic) bond motifs is 1. The molecular formula is C24H28N2O2. The van der Waals surface area contributed by atoms with Gasteiger partial charge in [0.1, 0.15) is 5.41 Å². The minimum absolute atomic E-state index is 0.0506. The van der Waals surface area contributed by atoms with Crippen LogP contribution in [0.15, 0.2) is 48.5 Å². The molecule has 0 aromatic heterocycles. The molecule has 2 aliphatic rings. The number of anilines is 2. The van der Waals surface area contributed by atoms with Gasteiger partial charge in [-0.1, -0.05) is 57.2 Å². The van der Waals surface area contributed by atoms with E-state index in [1.165, 1.54) is 5.56 Å². The van der Waals surface area contributed by atoms with Crippen LogP contribution in [-0.4, -0.2) is 18.4 Å². The van der Waals surface area contributed by atoms with Crippen molar-refractivity contribution in [2.75, 3.05) is 16.8 Å². The third-order valence-corrected chi connectivity index (χ3v) is 5.93. The van der Waals surface area contributed by atoms with Crippen LogP contribution >= 0.6 is 0 Å². The molecule has 1 fully saturated rings. The minimum atomic E-state index is -0.921. The molecule has 28 heavy (non-hydrogen) atoms. The van der Waals surface area contributed by atoms with Crippen molar-refractivity contribution in [3.63, 3.8) is 0 Å². The Morgan fingerprint density at radius 3 is 2.39 bits per heavy atom. The Morgan fingerprint density at radius 1 is 1.00 bits per heavy atom. The van der Waals surface area contributed by atoms with Crippen molar-refractivity contribution in [2.24, 2.45) is 5.41 Å². The van der Waals surface area contributed by atoms with Crippen LogP contribution < -0.4 is 10.2 Å². The van der Waals surface area contributed by atoms with Crippen LogP contribution in [0.2, 0.25) is 0 Å². The summed E-state index contributed by atoms with van der Waals surface area (Å²) in [6, 6.07) is 15.9. The molecule has 4 heteroatoms. The summed E-state index contributed by atoms with van der Waals surface area (Å²) < 4.78 is 0. The molecule has 0 atom stereocenters. The van der Waals surface area contributed by atoms with E-state index in [1.54, 1.807) is 0 Å². The quantitative estimate of drug-likeness (QED) is 0.791. The monoisotopic (exact) mass is 376 g/mol. The SMILES string of the molecule is CC(C)(C)c1ccccc1NC(=O)C1(C(=O)N2CCCc3ccccc32)CC1. The molecule has 0 unspecified atom stereocenters. The predicted octanol–water partition coefficient (Wildman–Crippen LogP) is 4.68. The van der Waals surface area contributed by atoms with E-state index in [0.29, 0.717) is 19.4 Å². The van der Waals surface area contributed by atoms with Crippen LogP contribution in [-0.2, 0) is 21.4 Å². The van der Waals surface area contributed by atoms with E-state index in [0.717, 1.165) is 29.8 Å². The highest BCUT2D eigenvalue weighted by Gasteiger charge is 2.58. The third-order valence-electron chi connectivity index (χ3n) is 5.93. The number of rotatable bonds is 3. The topological polar surface area (TPSA) is 49.4 Å². The Bertz CT molecular complexity index is 922. The standard InChI is InChI=1S/C24H28N2O2/c1-23(2,3)18-11-5-6-12-19(18)25-21(27)24(14-15-24)22(28)26-16-8-10-17-9-4-7-13-20(17)26/h4-7,9,11-13H,8,10,14-16H2,1-3H3,(H,25,27). The van der Waals surface area contributed by atoms with E-state index < -0.39 is 5.41 Å². The van der Waals surface area contributed by atoms with Gasteiger partial charge in [-0.05, 0) is 54.4 Å². The van der Waals surface area contributed by atoms with Gasteiger partial charge in [-0.25, -0.2) is 0 Å².